The van der Waals surface area contributed by atoms with Gasteiger partial charge in [0.05, 0.1) is 0 Å². The predicted molar refractivity (Wildman–Crippen MR) is 88.3 cm³/mol. The van der Waals surface area contributed by atoms with E-state index in [1.807, 2.05) is 0 Å². The van der Waals surface area contributed by atoms with E-state index < -0.39 is 0 Å². The summed E-state index contributed by atoms with van der Waals surface area (Å²) in [7, 11) is 0. The molecule has 0 bridgehead atoms. The van der Waals surface area contributed by atoms with Gasteiger partial charge in [-0.2, -0.15) is 0 Å². The SMILES string of the molecule is c1ccc(CN2CCC(CNC3CCCNCC3)C2)cc1. The number of benzene rings is 1. The Morgan fingerprint density at radius 3 is 2.90 bits per heavy atom. The highest BCUT2D eigenvalue weighted by molar-refractivity contribution is 5.14. The van der Waals surface area contributed by atoms with Gasteiger partial charge in [0.1, 0.15) is 0 Å². The number of nitrogens with one attached hydrogen (secondary N) is 2. The fraction of sp³-hybridized carbons (Fsp3) is 0.667. The Labute approximate surface area is 129 Å². The van der Waals surface area contributed by atoms with Crippen LogP contribution in [0.4, 0.5) is 0 Å². The molecule has 2 heterocycles. The fourth-order valence-electron chi connectivity index (χ4n) is 3.62. The first kappa shape index (κ1) is 15.0. The van der Waals surface area contributed by atoms with Crippen molar-refractivity contribution in [2.75, 3.05) is 32.7 Å². The number of rotatable bonds is 5. The van der Waals surface area contributed by atoms with Gasteiger partial charge in [0.15, 0.2) is 0 Å². The number of hydrogen-bond donors (Lipinski definition) is 2. The highest BCUT2D eigenvalue weighted by Gasteiger charge is 2.23. The number of likely N-dealkylation sites (tertiary alicyclic amines) is 1. The second-order valence-electron chi connectivity index (χ2n) is 6.66. The van der Waals surface area contributed by atoms with E-state index in [-0.39, 0.29) is 0 Å². The van der Waals surface area contributed by atoms with Crippen LogP contribution in [-0.2, 0) is 6.54 Å². The van der Waals surface area contributed by atoms with Gasteiger partial charge in [0, 0.05) is 19.1 Å². The smallest absolute Gasteiger partial charge is 0.0233 e. The van der Waals surface area contributed by atoms with Crippen LogP contribution in [0.15, 0.2) is 30.3 Å². The van der Waals surface area contributed by atoms with Gasteiger partial charge in [-0.1, -0.05) is 30.3 Å². The van der Waals surface area contributed by atoms with Gasteiger partial charge in [-0.3, -0.25) is 4.90 Å². The van der Waals surface area contributed by atoms with Crippen LogP contribution < -0.4 is 10.6 Å². The van der Waals surface area contributed by atoms with Crippen molar-refractivity contribution in [1.82, 2.24) is 15.5 Å². The molecule has 2 N–H and O–H groups in total. The fourth-order valence-corrected chi connectivity index (χ4v) is 3.62. The Kier molecular flexibility index (Phi) is 5.67. The topological polar surface area (TPSA) is 27.3 Å². The molecule has 21 heavy (non-hydrogen) atoms. The molecule has 0 spiro atoms. The minimum absolute atomic E-state index is 0.739. The zero-order valence-corrected chi connectivity index (χ0v) is 13.1. The van der Waals surface area contributed by atoms with Crippen molar-refractivity contribution in [3.05, 3.63) is 35.9 Å². The van der Waals surface area contributed by atoms with Gasteiger partial charge in [-0.05, 0) is 63.3 Å². The largest absolute Gasteiger partial charge is 0.317 e. The Bertz CT molecular complexity index is 398. The maximum Gasteiger partial charge on any atom is 0.0233 e. The second-order valence-corrected chi connectivity index (χ2v) is 6.66. The molecule has 3 nitrogen and oxygen atoms in total. The molecule has 1 aromatic rings. The van der Waals surface area contributed by atoms with Crippen LogP contribution in [0.1, 0.15) is 31.2 Å². The van der Waals surface area contributed by atoms with Crippen molar-refractivity contribution in [2.45, 2.75) is 38.3 Å². The first-order valence-corrected chi connectivity index (χ1v) is 8.60. The predicted octanol–water partition coefficient (Wildman–Crippen LogP) is 2.24. The zero-order valence-electron chi connectivity index (χ0n) is 13.1. The molecule has 0 aliphatic carbocycles. The van der Waals surface area contributed by atoms with Gasteiger partial charge >= 0.3 is 0 Å². The van der Waals surface area contributed by atoms with E-state index in [1.165, 1.54) is 64.0 Å². The summed E-state index contributed by atoms with van der Waals surface area (Å²) in [6.45, 7) is 7.22. The Balaban J connectivity index is 1.38. The molecule has 2 fully saturated rings. The lowest BCUT2D eigenvalue weighted by molar-refractivity contribution is 0.310. The molecule has 116 valence electrons. The third-order valence-electron chi connectivity index (χ3n) is 4.89. The summed E-state index contributed by atoms with van der Waals surface area (Å²) in [5.74, 6) is 0.838. The highest BCUT2D eigenvalue weighted by atomic mass is 15.1. The first-order chi connectivity index (χ1) is 10.4. The van der Waals surface area contributed by atoms with Crippen molar-refractivity contribution in [2.24, 2.45) is 5.92 Å². The van der Waals surface area contributed by atoms with Crippen molar-refractivity contribution in [3.63, 3.8) is 0 Å². The maximum atomic E-state index is 3.82. The molecule has 2 atom stereocenters. The monoisotopic (exact) mass is 287 g/mol. The van der Waals surface area contributed by atoms with Gasteiger partial charge in [0.2, 0.25) is 0 Å². The Morgan fingerprint density at radius 2 is 2.00 bits per heavy atom. The van der Waals surface area contributed by atoms with Crippen LogP contribution in [0.3, 0.4) is 0 Å². The van der Waals surface area contributed by atoms with Crippen molar-refractivity contribution < 1.29 is 0 Å². The van der Waals surface area contributed by atoms with Crippen LogP contribution in [0, 0.1) is 5.92 Å². The summed E-state index contributed by atoms with van der Waals surface area (Å²) in [4.78, 5) is 2.61. The Morgan fingerprint density at radius 1 is 1.10 bits per heavy atom. The molecule has 2 saturated heterocycles. The summed E-state index contributed by atoms with van der Waals surface area (Å²) < 4.78 is 0. The van der Waals surface area contributed by atoms with Crippen molar-refractivity contribution in [3.8, 4) is 0 Å². The Hall–Kier alpha value is -0.900. The van der Waals surface area contributed by atoms with E-state index in [2.05, 4.69) is 45.9 Å². The second kappa shape index (κ2) is 7.92. The van der Waals surface area contributed by atoms with Gasteiger partial charge in [-0.25, -0.2) is 0 Å². The third kappa shape index (κ3) is 4.80. The van der Waals surface area contributed by atoms with Crippen LogP contribution >= 0.6 is 0 Å². The quantitative estimate of drug-likeness (QED) is 0.870. The molecule has 1 aromatic carbocycles. The zero-order chi connectivity index (χ0) is 14.3. The third-order valence-corrected chi connectivity index (χ3v) is 4.89. The molecule has 0 aromatic heterocycles. The van der Waals surface area contributed by atoms with Gasteiger partial charge < -0.3 is 10.6 Å². The average molecular weight is 287 g/mol. The van der Waals surface area contributed by atoms with E-state index in [4.69, 9.17) is 0 Å². The molecule has 0 saturated carbocycles. The molecule has 3 heteroatoms. The van der Waals surface area contributed by atoms with Crippen LogP contribution in [-0.4, -0.2) is 43.7 Å². The van der Waals surface area contributed by atoms with E-state index in [9.17, 15) is 0 Å². The molecule has 3 rings (SSSR count). The maximum absolute atomic E-state index is 3.82. The van der Waals surface area contributed by atoms with Crippen molar-refractivity contribution >= 4 is 0 Å². The number of hydrogen-bond acceptors (Lipinski definition) is 3. The summed E-state index contributed by atoms with van der Waals surface area (Å²) in [5.41, 5.74) is 1.45. The summed E-state index contributed by atoms with van der Waals surface area (Å²) in [5, 5.41) is 7.31. The minimum atomic E-state index is 0.739. The summed E-state index contributed by atoms with van der Waals surface area (Å²) in [6.07, 6.45) is 5.31. The van der Waals surface area contributed by atoms with Gasteiger partial charge in [0.25, 0.3) is 0 Å². The summed E-state index contributed by atoms with van der Waals surface area (Å²) in [6, 6.07) is 11.6. The van der Waals surface area contributed by atoms with Crippen LogP contribution in [0.5, 0.6) is 0 Å². The molecule has 0 amide bonds. The highest BCUT2D eigenvalue weighted by Crippen LogP contribution is 2.18. The lowest BCUT2D eigenvalue weighted by Crippen LogP contribution is -2.35. The lowest BCUT2D eigenvalue weighted by Gasteiger charge is -2.20. The molecule has 0 radical (unpaired) electrons. The summed E-state index contributed by atoms with van der Waals surface area (Å²) >= 11 is 0. The molecule has 2 aliphatic rings. The first-order valence-electron chi connectivity index (χ1n) is 8.60. The van der Waals surface area contributed by atoms with Crippen LogP contribution in [0.2, 0.25) is 0 Å². The molecule has 2 unspecified atom stereocenters. The van der Waals surface area contributed by atoms with Gasteiger partial charge in [-0.15, -0.1) is 0 Å². The van der Waals surface area contributed by atoms with E-state index in [1.54, 1.807) is 0 Å². The molecule has 2 aliphatic heterocycles. The van der Waals surface area contributed by atoms with Crippen molar-refractivity contribution in [1.29, 1.82) is 0 Å². The van der Waals surface area contributed by atoms with E-state index >= 15 is 0 Å². The molecular formula is C18H29N3. The minimum Gasteiger partial charge on any atom is -0.317 e. The van der Waals surface area contributed by atoms with Crippen LogP contribution in [0.25, 0.3) is 0 Å². The van der Waals surface area contributed by atoms with E-state index in [0.717, 1.165) is 18.5 Å². The normalized spacial score (nSPS) is 27.6. The average Bonchev–Trinajstić information content (AvgIpc) is 2.80. The van der Waals surface area contributed by atoms with E-state index in [0.29, 0.717) is 0 Å². The molecular weight excluding hydrogens is 258 g/mol. The lowest BCUT2D eigenvalue weighted by atomic mass is 10.1. The number of nitrogens with zero attached hydrogens (tertiary/aromatic N) is 1. The standard InChI is InChI=1S/C18H29N3/c1-2-5-16(6-3-1)14-21-12-9-17(15-21)13-20-18-7-4-10-19-11-8-18/h1-3,5-6,17-20H,4,7-15H2.